The highest BCUT2D eigenvalue weighted by molar-refractivity contribution is 5.92. The molecule has 6 heteroatoms. The predicted octanol–water partition coefficient (Wildman–Crippen LogP) is 1.60. The maximum atomic E-state index is 12.0. The molecule has 6 nitrogen and oxygen atoms in total. The minimum absolute atomic E-state index is 0.167. The van der Waals surface area contributed by atoms with E-state index in [1.54, 1.807) is 12.1 Å². The molecule has 2 rings (SSSR count). The Bertz CT molecular complexity index is 429. The lowest BCUT2D eigenvalue weighted by molar-refractivity contribution is -0.00867. The van der Waals surface area contributed by atoms with Crippen molar-refractivity contribution in [2.45, 2.75) is 45.3 Å². The van der Waals surface area contributed by atoms with E-state index in [0.29, 0.717) is 11.5 Å². The van der Waals surface area contributed by atoms with Crippen LogP contribution in [0.3, 0.4) is 0 Å². The van der Waals surface area contributed by atoms with E-state index in [1.807, 2.05) is 6.92 Å². The van der Waals surface area contributed by atoms with E-state index >= 15 is 0 Å². The third-order valence-electron chi connectivity index (χ3n) is 3.29. The lowest BCUT2D eigenvalue weighted by Gasteiger charge is -2.35. The minimum atomic E-state index is -0.167. The zero-order chi connectivity index (χ0) is 14.4. The molecule has 1 amide bonds. The van der Waals surface area contributed by atoms with Crippen LogP contribution in [0.25, 0.3) is 0 Å². The topological polar surface area (TPSA) is 76.1 Å². The highest BCUT2D eigenvalue weighted by atomic mass is 16.5. The Hall–Kier alpha value is -1.69. The summed E-state index contributed by atoms with van der Waals surface area (Å²) in [4.78, 5) is 12.0. The Kier molecular flexibility index (Phi) is 5.29. The molecule has 0 spiro atoms. The van der Waals surface area contributed by atoms with Crippen LogP contribution in [0, 0.1) is 0 Å². The van der Waals surface area contributed by atoms with Crippen molar-refractivity contribution >= 4 is 11.7 Å². The molecule has 1 aliphatic rings. The van der Waals surface area contributed by atoms with Gasteiger partial charge in [0.15, 0.2) is 5.69 Å². The summed E-state index contributed by atoms with van der Waals surface area (Å²) in [5, 5.41) is 14.0. The average molecular weight is 278 g/mol. The molecule has 0 atom stereocenters. The summed E-state index contributed by atoms with van der Waals surface area (Å²) >= 11 is 0. The molecule has 1 aliphatic carbocycles. The number of nitrogens with one attached hydrogen (secondary N) is 2. The number of nitrogens with zero attached hydrogens (tertiary/aromatic N) is 2. The van der Waals surface area contributed by atoms with Gasteiger partial charge >= 0.3 is 0 Å². The van der Waals surface area contributed by atoms with Crippen LogP contribution in [0.4, 0.5) is 5.82 Å². The van der Waals surface area contributed by atoms with E-state index in [4.69, 9.17) is 4.74 Å². The second-order valence-corrected chi connectivity index (χ2v) is 4.95. The number of anilines is 1. The number of aromatic nitrogens is 2. The quantitative estimate of drug-likeness (QED) is 0.792. The molecule has 1 fully saturated rings. The molecule has 0 bridgehead atoms. The zero-order valence-electron chi connectivity index (χ0n) is 12.1. The van der Waals surface area contributed by atoms with Crippen molar-refractivity contribution < 1.29 is 9.53 Å². The second kappa shape index (κ2) is 7.19. The van der Waals surface area contributed by atoms with Gasteiger partial charge < -0.3 is 15.4 Å². The largest absolute Gasteiger partial charge is 0.378 e. The van der Waals surface area contributed by atoms with Crippen molar-refractivity contribution in [2.24, 2.45) is 0 Å². The normalized spacial score (nSPS) is 21.1. The number of rotatable bonds is 7. The van der Waals surface area contributed by atoms with E-state index < -0.39 is 0 Å². The molecule has 0 saturated heterocycles. The maximum Gasteiger partial charge on any atom is 0.272 e. The van der Waals surface area contributed by atoms with Gasteiger partial charge in [-0.25, -0.2) is 0 Å². The van der Waals surface area contributed by atoms with Gasteiger partial charge in [0.2, 0.25) is 0 Å². The van der Waals surface area contributed by atoms with Crippen LogP contribution in [0.1, 0.15) is 43.6 Å². The van der Waals surface area contributed by atoms with E-state index in [2.05, 4.69) is 27.8 Å². The maximum absolute atomic E-state index is 12.0. The highest BCUT2D eigenvalue weighted by Crippen LogP contribution is 2.23. The Labute approximate surface area is 119 Å². The Balaban J connectivity index is 1.78. The second-order valence-electron chi connectivity index (χ2n) is 4.95. The van der Waals surface area contributed by atoms with Gasteiger partial charge in [0, 0.05) is 19.2 Å². The molecular formula is C14H22N4O2. The smallest absolute Gasteiger partial charge is 0.272 e. The predicted molar refractivity (Wildman–Crippen MR) is 76.7 cm³/mol. The van der Waals surface area contributed by atoms with E-state index in [9.17, 15) is 4.79 Å². The number of hydrogen-bond donors (Lipinski definition) is 2. The lowest BCUT2D eigenvalue weighted by atomic mass is 9.89. The van der Waals surface area contributed by atoms with Crippen LogP contribution in [0.5, 0.6) is 0 Å². The summed E-state index contributed by atoms with van der Waals surface area (Å²) in [6, 6.07) is 3.67. The zero-order valence-corrected chi connectivity index (χ0v) is 12.1. The van der Waals surface area contributed by atoms with Crippen LogP contribution in [0.2, 0.25) is 0 Å². The Morgan fingerprint density at radius 1 is 1.35 bits per heavy atom. The summed E-state index contributed by atoms with van der Waals surface area (Å²) in [6.07, 6.45) is 3.07. The first-order valence-electron chi connectivity index (χ1n) is 7.23. The third kappa shape index (κ3) is 3.90. The monoisotopic (exact) mass is 278 g/mol. The van der Waals surface area contributed by atoms with Gasteiger partial charge in [-0.15, -0.1) is 10.2 Å². The fraction of sp³-hybridized carbons (Fsp3) is 0.643. The highest BCUT2D eigenvalue weighted by Gasteiger charge is 2.31. The van der Waals surface area contributed by atoms with Gasteiger partial charge in [-0.2, -0.15) is 0 Å². The molecule has 0 unspecified atom stereocenters. The van der Waals surface area contributed by atoms with Crippen LogP contribution in [-0.2, 0) is 4.74 Å². The molecule has 1 saturated carbocycles. The van der Waals surface area contributed by atoms with Crippen LogP contribution in [0.15, 0.2) is 12.1 Å². The molecule has 0 radical (unpaired) electrons. The van der Waals surface area contributed by atoms with Gasteiger partial charge in [-0.1, -0.05) is 6.92 Å². The number of ether oxygens (including phenoxy) is 1. The summed E-state index contributed by atoms with van der Waals surface area (Å²) < 4.78 is 5.46. The first-order valence-corrected chi connectivity index (χ1v) is 7.23. The molecular weight excluding hydrogens is 256 g/mol. The fourth-order valence-electron chi connectivity index (χ4n) is 2.12. The van der Waals surface area contributed by atoms with Gasteiger partial charge in [0.25, 0.3) is 5.91 Å². The molecule has 110 valence electrons. The summed E-state index contributed by atoms with van der Waals surface area (Å²) in [5.74, 6) is 0.531. The average Bonchev–Trinajstić information content (AvgIpc) is 2.43. The van der Waals surface area contributed by atoms with Crippen molar-refractivity contribution in [1.82, 2.24) is 15.5 Å². The number of carbonyl (C=O) groups excluding carboxylic acids is 1. The molecule has 20 heavy (non-hydrogen) atoms. The summed E-state index contributed by atoms with van der Waals surface area (Å²) in [7, 11) is 0. The van der Waals surface area contributed by atoms with Crippen molar-refractivity contribution in [3.8, 4) is 0 Å². The Morgan fingerprint density at radius 3 is 2.75 bits per heavy atom. The minimum Gasteiger partial charge on any atom is -0.378 e. The lowest BCUT2D eigenvalue weighted by Crippen LogP contribution is -2.48. The first-order chi connectivity index (χ1) is 9.72. The van der Waals surface area contributed by atoms with Crippen molar-refractivity contribution in [1.29, 1.82) is 0 Å². The molecule has 0 aliphatic heterocycles. The molecule has 2 N–H and O–H groups in total. The molecule has 1 heterocycles. The molecule has 0 aromatic carbocycles. The Morgan fingerprint density at radius 2 is 2.15 bits per heavy atom. The van der Waals surface area contributed by atoms with Crippen LogP contribution in [-0.4, -0.2) is 41.4 Å². The van der Waals surface area contributed by atoms with E-state index in [0.717, 1.165) is 32.4 Å². The fourth-order valence-corrected chi connectivity index (χ4v) is 2.12. The van der Waals surface area contributed by atoms with Gasteiger partial charge in [-0.05, 0) is 38.3 Å². The van der Waals surface area contributed by atoms with Crippen molar-refractivity contribution in [3.05, 3.63) is 17.8 Å². The van der Waals surface area contributed by atoms with E-state index in [1.165, 1.54) is 0 Å². The van der Waals surface area contributed by atoms with Crippen LogP contribution >= 0.6 is 0 Å². The molecule has 1 aromatic heterocycles. The van der Waals surface area contributed by atoms with Gasteiger partial charge in [-0.3, -0.25) is 4.79 Å². The van der Waals surface area contributed by atoms with Crippen molar-refractivity contribution in [3.63, 3.8) is 0 Å². The first kappa shape index (κ1) is 14.7. The van der Waals surface area contributed by atoms with Gasteiger partial charge in [0.05, 0.1) is 6.10 Å². The van der Waals surface area contributed by atoms with Crippen LogP contribution < -0.4 is 10.6 Å². The third-order valence-corrected chi connectivity index (χ3v) is 3.29. The van der Waals surface area contributed by atoms with Crippen molar-refractivity contribution in [2.75, 3.05) is 18.5 Å². The summed E-state index contributed by atoms with van der Waals surface area (Å²) in [6.45, 7) is 5.64. The van der Waals surface area contributed by atoms with Gasteiger partial charge in [0.1, 0.15) is 5.82 Å². The standard InChI is InChI=1S/C14H22N4O2/c1-3-7-15-13-6-5-12(17-18-13)14(19)16-10-8-11(9-10)20-4-2/h5-6,10-11H,3-4,7-9H2,1-2H3,(H,15,18)(H,16,19). The molecule has 1 aromatic rings. The number of hydrogen-bond acceptors (Lipinski definition) is 5. The SMILES string of the molecule is CCCNc1ccc(C(=O)NC2CC(OCC)C2)nn1. The van der Waals surface area contributed by atoms with E-state index in [-0.39, 0.29) is 18.1 Å². The number of carbonyl (C=O) groups is 1. The number of amides is 1. The summed E-state index contributed by atoms with van der Waals surface area (Å²) in [5.41, 5.74) is 0.354.